The van der Waals surface area contributed by atoms with E-state index in [9.17, 15) is 4.79 Å². The van der Waals surface area contributed by atoms with Crippen LogP contribution in [0, 0.1) is 0 Å². The number of carbonyl (C=O) groups excluding carboxylic acids is 1. The van der Waals surface area contributed by atoms with Gasteiger partial charge in [-0.1, -0.05) is 13.8 Å². The summed E-state index contributed by atoms with van der Waals surface area (Å²) in [4.78, 5) is 14.2. The van der Waals surface area contributed by atoms with Crippen molar-refractivity contribution in [3.05, 3.63) is 0 Å². The molecule has 0 aliphatic carbocycles. The molecular formula is C14H30N2O3. The van der Waals surface area contributed by atoms with Gasteiger partial charge < -0.3 is 14.8 Å². The Bertz CT molecular complexity index is 249. The van der Waals surface area contributed by atoms with Crippen LogP contribution in [0.4, 0.5) is 0 Å². The van der Waals surface area contributed by atoms with Crippen molar-refractivity contribution >= 4 is 5.97 Å². The quantitative estimate of drug-likeness (QED) is 0.454. The Kier molecular flexibility index (Phi) is 9.83. The summed E-state index contributed by atoms with van der Waals surface area (Å²) in [7, 11) is 1.44. The standard InChI is InChI=1S/C14H30N2O3/c1-6-9-15-14(4,13(17)18-5)12-16(7-2)10-11-19-8-3/h15H,6-12H2,1-5H3. The Hall–Kier alpha value is -0.650. The Morgan fingerprint density at radius 2 is 2.00 bits per heavy atom. The largest absolute Gasteiger partial charge is 0.468 e. The highest BCUT2D eigenvalue weighted by Gasteiger charge is 2.35. The lowest BCUT2D eigenvalue weighted by atomic mass is 10.0. The molecule has 0 saturated carbocycles. The zero-order valence-electron chi connectivity index (χ0n) is 13.1. The third kappa shape index (κ3) is 6.89. The van der Waals surface area contributed by atoms with Crippen LogP contribution in [0.2, 0.25) is 0 Å². The van der Waals surface area contributed by atoms with Crippen molar-refractivity contribution in [2.75, 3.05) is 46.5 Å². The van der Waals surface area contributed by atoms with Crippen molar-refractivity contribution in [3.8, 4) is 0 Å². The van der Waals surface area contributed by atoms with E-state index < -0.39 is 5.54 Å². The first-order valence-electron chi connectivity index (χ1n) is 7.17. The lowest BCUT2D eigenvalue weighted by Gasteiger charge is -2.33. The van der Waals surface area contributed by atoms with E-state index in [4.69, 9.17) is 9.47 Å². The van der Waals surface area contributed by atoms with Crippen LogP contribution in [-0.2, 0) is 14.3 Å². The lowest BCUT2D eigenvalue weighted by molar-refractivity contribution is -0.148. The van der Waals surface area contributed by atoms with Crippen LogP contribution in [0.1, 0.15) is 34.1 Å². The van der Waals surface area contributed by atoms with Gasteiger partial charge in [0.25, 0.3) is 0 Å². The van der Waals surface area contributed by atoms with Crippen molar-refractivity contribution in [1.29, 1.82) is 0 Å². The van der Waals surface area contributed by atoms with Crippen LogP contribution in [-0.4, -0.2) is 62.9 Å². The van der Waals surface area contributed by atoms with Gasteiger partial charge >= 0.3 is 5.97 Å². The molecule has 0 bridgehead atoms. The molecule has 1 unspecified atom stereocenters. The minimum Gasteiger partial charge on any atom is -0.468 e. The van der Waals surface area contributed by atoms with Gasteiger partial charge in [0, 0.05) is 19.7 Å². The minimum absolute atomic E-state index is 0.212. The topological polar surface area (TPSA) is 50.8 Å². The molecule has 5 heteroatoms. The highest BCUT2D eigenvalue weighted by molar-refractivity contribution is 5.80. The molecule has 0 aliphatic heterocycles. The number of ether oxygens (including phenoxy) is 2. The number of hydrogen-bond acceptors (Lipinski definition) is 5. The van der Waals surface area contributed by atoms with Crippen LogP contribution in [0.25, 0.3) is 0 Å². The first-order chi connectivity index (χ1) is 9.03. The second-order valence-corrected chi connectivity index (χ2v) is 4.82. The van der Waals surface area contributed by atoms with E-state index >= 15 is 0 Å². The summed E-state index contributed by atoms with van der Waals surface area (Å²) in [5.41, 5.74) is -0.660. The predicted octanol–water partition coefficient (Wildman–Crippen LogP) is 1.28. The van der Waals surface area contributed by atoms with Gasteiger partial charge in [-0.15, -0.1) is 0 Å². The van der Waals surface area contributed by atoms with E-state index in [-0.39, 0.29) is 5.97 Å². The third-order valence-corrected chi connectivity index (χ3v) is 3.14. The van der Waals surface area contributed by atoms with Gasteiger partial charge in [0.05, 0.1) is 13.7 Å². The van der Waals surface area contributed by atoms with E-state index in [0.717, 1.165) is 32.7 Å². The molecule has 0 radical (unpaired) electrons. The summed E-state index contributed by atoms with van der Waals surface area (Å²) >= 11 is 0. The molecule has 0 spiro atoms. The number of hydrogen-bond donors (Lipinski definition) is 1. The zero-order chi connectivity index (χ0) is 14.7. The Balaban J connectivity index is 4.53. The molecule has 0 heterocycles. The molecule has 0 aromatic rings. The molecule has 0 saturated heterocycles. The fourth-order valence-electron chi connectivity index (χ4n) is 1.95. The number of methoxy groups -OCH3 is 1. The average Bonchev–Trinajstić information content (AvgIpc) is 2.43. The van der Waals surface area contributed by atoms with Gasteiger partial charge in [-0.2, -0.15) is 0 Å². The highest BCUT2D eigenvalue weighted by Crippen LogP contribution is 2.09. The van der Waals surface area contributed by atoms with Gasteiger partial charge in [-0.05, 0) is 33.4 Å². The summed E-state index contributed by atoms with van der Waals surface area (Å²) in [6.07, 6.45) is 0.984. The van der Waals surface area contributed by atoms with Gasteiger partial charge in [0.1, 0.15) is 5.54 Å². The molecule has 0 rings (SSSR count). The number of carbonyl (C=O) groups is 1. The lowest BCUT2D eigenvalue weighted by Crippen LogP contribution is -2.58. The summed E-state index contributed by atoms with van der Waals surface area (Å²) in [5.74, 6) is -0.212. The second kappa shape index (κ2) is 10.2. The monoisotopic (exact) mass is 274 g/mol. The van der Waals surface area contributed by atoms with Gasteiger partial charge in [-0.3, -0.25) is 9.69 Å². The predicted molar refractivity (Wildman–Crippen MR) is 77.3 cm³/mol. The maximum absolute atomic E-state index is 12.0. The maximum atomic E-state index is 12.0. The molecule has 0 aromatic carbocycles. The number of likely N-dealkylation sites (N-methyl/N-ethyl adjacent to an activating group) is 1. The molecule has 19 heavy (non-hydrogen) atoms. The molecule has 114 valence electrons. The molecule has 0 aromatic heterocycles. The van der Waals surface area contributed by atoms with Crippen LogP contribution >= 0.6 is 0 Å². The number of nitrogens with one attached hydrogen (secondary N) is 1. The zero-order valence-corrected chi connectivity index (χ0v) is 13.1. The van der Waals surface area contributed by atoms with Crippen LogP contribution in [0.15, 0.2) is 0 Å². The van der Waals surface area contributed by atoms with E-state index in [1.165, 1.54) is 7.11 Å². The summed E-state index contributed by atoms with van der Waals surface area (Å²) in [6, 6.07) is 0. The van der Waals surface area contributed by atoms with Crippen molar-refractivity contribution in [2.24, 2.45) is 0 Å². The Morgan fingerprint density at radius 1 is 1.32 bits per heavy atom. The minimum atomic E-state index is -0.660. The smallest absolute Gasteiger partial charge is 0.327 e. The molecule has 0 amide bonds. The second-order valence-electron chi connectivity index (χ2n) is 4.82. The molecule has 5 nitrogen and oxygen atoms in total. The fourth-order valence-corrected chi connectivity index (χ4v) is 1.95. The van der Waals surface area contributed by atoms with Crippen molar-refractivity contribution in [1.82, 2.24) is 10.2 Å². The van der Waals surface area contributed by atoms with Crippen LogP contribution < -0.4 is 5.32 Å². The number of nitrogens with zero attached hydrogens (tertiary/aromatic N) is 1. The first kappa shape index (κ1) is 18.4. The van der Waals surface area contributed by atoms with Gasteiger partial charge in [-0.25, -0.2) is 0 Å². The van der Waals surface area contributed by atoms with Gasteiger partial charge in [0.2, 0.25) is 0 Å². The van der Waals surface area contributed by atoms with Crippen LogP contribution in [0.3, 0.4) is 0 Å². The highest BCUT2D eigenvalue weighted by atomic mass is 16.5. The summed E-state index contributed by atoms with van der Waals surface area (Å²) in [5, 5.41) is 3.29. The molecular weight excluding hydrogens is 244 g/mol. The number of rotatable bonds is 11. The van der Waals surface area contributed by atoms with Crippen molar-refractivity contribution in [2.45, 2.75) is 39.7 Å². The summed E-state index contributed by atoms with van der Waals surface area (Å²) < 4.78 is 10.3. The molecule has 0 fully saturated rings. The fraction of sp³-hybridized carbons (Fsp3) is 0.929. The average molecular weight is 274 g/mol. The molecule has 1 N–H and O–H groups in total. The molecule has 0 aliphatic rings. The first-order valence-corrected chi connectivity index (χ1v) is 7.17. The van der Waals surface area contributed by atoms with Gasteiger partial charge in [0.15, 0.2) is 0 Å². The van der Waals surface area contributed by atoms with E-state index in [1.54, 1.807) is 0 Å². The Labute approximate surface area is 117 Å². The SMILES string of the molecule is CCCNC(C)(CN(CC)CCOCC)C(=O)OC. The van der Waals surface area contributed by atoms with Crippen molar-refractivity contribution < 1.29 is 14.3 Å². The normalized spacial score (nSPS) is 14.4. The van der Waals surface area contributed by atoms with Crippen molar-refractivity contribution in [3.63, 3.8) is 0 Å². The van der Waals surface area contributed by atoms with Crippen LogP contribution in [0.5, 0.6) is 0 Å². The summed E-state index contributed by atoms with van der Waals surface area (Å²) in [6.45, 7) is 12.6. The maximum Gasteiger partial charge on any atom is 0.327 e. The Morgan fingerprint density at radius 3 is 2.47 bits per heavy atom. The number of esters is 1. The molecule has 1 atom stereocenters. The third-order valence-electron chi connectivity index (χ3n) is 3.14. The van der Waals surface area contributed by atoms with E-state index in [0.29, 0.717) is 13.2 Å². The van der Waals surface area contributed by atoms with E-state index in [2.05, 4.69) is 24.1 Å². The van der Waals surface area contributed by atoms with E-state index in [1.807, 2.05) is 13.8 Å².